The van der Waals surface area contributed by atoms with E-state index in [0.717, 1.165) is 4.90 Å². The molecular weight excluding hydrogens is 334 g/mol. The average molecular weight is 348 g/mol. The second kappa shape index (κ2) is 6.50. The van der Waals surface area contributed by atoms with Crippen LogP contribution in [0.15, 0.2) is 12.4 Å². The molecule has 2 aliphatic rings. The maximum absolute atomic E-state index is 12.5. The fraction of sp³-hybridized carbons (Fsp3) is 0.600. The van der Waals surface area contributed by atoms with Gasteiger partial charge in [-0.1, -0.05) is 5.21 Å². The first-order chi connectivity index (χ1) is 9.29. The number of hydrogen-bond donors (Lipinski definition) is 1. The number of nitrogens with zero attached hydrogens (tertiary/aromatic N) is 4. The van der Waals surface area contributed by atoms with Crippen molar-refractivity contribution in [1.82, 2.24) is 19.9 Å². The first kappa shape index (κ1) is 20.1. The van der Waals surface area contributed by atoms with E-state index in [1.54, 1.807) is 0 Å². The summed E-state index contributed by atoms with van der Waals surface area (Å²) in [6, 6.07) is -1.40. The molecule has 0 spiro atoms. The summed E-state index contributed by atoms with van der Waals surface area (Å²) in [6.07, 6.45) is 2.68. The summed E-state index contributed by atoms with van der Waals surface area (Å²) in [5.41, 5.74) is 0. The molecule has 22 heavy (non-hydrogen) atoms. The molecule has 1 aromatic heterocycles. The van der Waals surface area contributed by atoms with Gasteiger partial charge in [-0.15, -0.1) is 5.10 Å². The van der Waals surface area contributed by atoms with Gasteiger partial charge in [0.05, 0.1) is 19.2 Å². The second-order valence-corrected chi connectivity index (χ2v) is 7.73. The number of carbonyl (C=O) groups excluding carboxylic acids is 1. The second-order valence-electron chi connectivity index (χ2n) is 5.16. The van der Waals surface area contributed by atoms with Gasteiger partial charge in [0.15, 0.2) is 15.9 Å². The standard InChI is InChI=1S/C10H12N4O5S.2Na.2H/c1-10(5-13-3-2-11-12-13)8(9(16)17)14-6(15)4-7(14)20(10,18)19;;;;/h2-3,7-8H,4-5H2,1H3,(H,16,17);;;;/t7-,8+,10+;;;;/m1..../s1. The minimum absolute atomic E-state index is 0. The molecule has 2 fully saturated rings. The van der Waals surface area contributed by atoms with Crippen LogP contribution >= 0.6 is 0 Å². The first-order valence-corrected chi connectivity index (χ1v) is 7.45. The van der Waals surface area contributed by atoms with E-state index < -0.39 is 37.9 Å². The predicted molar refractivity (Wildman–Crippen MR) is 78.3 cm³/mol. The van der Waals surface area contributed by atoms with Crippen LogP contribution in [0.3, 0.4) is 0 Å². The summed E-state index contributed by atoms with van der Waals surface area (Å²) < 4.78 is 24.7. The molecule has 0 radical (unpaired) electrons. The Morgan fingerprint density at radius 1 is 1.50 bits per heavy atom. The molecule has 1 amide bonds. The van der Waals surface area contributed by atoms with Gasteiger partial charge in [-0.25, -0.2) is 13.2 Å². The number of carboxylic acid groups (broad SMARTS) is 1. The monoisotopic (exact) mass is 348 g/mol. The summed E-state index contributed by atoms with van der Waals surface area (Å²) in [5, 5.41) is 15.6. The molecule has 0 unspecified atom stereocenters. The molecule has 2 saturated heterocycles. The van der Waals surface area contributed by atoms with E-state index in [4.69, 9.17) is 0 Å². The molecular formula is C10H14N4Na2O5S. The van der Waals surface area contributed by atoms with Crippen molar-refractivity contribution in [3.05, 3.63) is 12.4 Å². The molecule has 2 aliphatic heterocycles. The van der Waals surface area contributed by atoms with Gasteiger partial charge in [-0.05, 0) is 6.92 Å². The number of carbonyl (C=O) groups is 2. The van der Waals surface area contributed by atoms with Crippen LogP contribution in [0.4, 0.5) is 0 Å². The third-order valence-electron chi connectivity index (χ3n) is 3.99. The van der Waals surface area contributed by atoms with Crippen LogP contribution in [0.2, 0.25) is 0 Å². The summed E-state index contributed by atoms with van der Waals surface area (Å²) >= 11 is 0. The zero-order chi connectivity index (χ0) is 14.7. The van der Waals surface area contributed by atoms with Crippen molar-refractivity contribution in [2.24, 2.45) is 0 Å². The van der Waals surface area contributed by atoms with Crippen molar-refractivity contribution in [2.45, 2.75) is 36.1 Å². The first-order valence-electron chi connectivity index (χ1n) is 5.90. The van der Waals surface area contributed by atoms with Crippen LogP contribution in [0.1, 0.15) is 13.3 Å². The normalized spacial score (nSPS) is 31.5. The fourth-order valence-electron chi connectivity index (χ4n) is 2.93. The molecule has 1 aromatic rings. The van der Waals surface area contributed by atoms with Gasteiger partial charge in [-0.2, -0.15) is 0 Å². The van der Waals surface area contributed by atoms with Gasteiger partial charge >= 0.3 is 65.1 Å². The van der Waals surface area contributed by atoms with E-state index in [0.29, 0.717) is 0 Å². The van der Waals surface area contributed by atoms with Crippen LogP contribution in [-0.4, -0.2) is 121 Å². The molecule has 3 atom stereocenters. The number of amides is 1. The van der Waals surface area contributed by atoms with Crippen molar-refractivity contribution in [2.75, 3.05) is 0 Å². The number of rotatable bonds is 3. The Kier molecular flexibility index (Phi) is 5.93. The Hall–Kier alpha value is 0.0300. The Morgan fingerprint density at radius 3 is 2.59 bits per heavy atom. The molecule has 12 heteroatoms. The van der Waals surface area contributed by atoms with Crippen molar-refractivity contribution in [1.29, 1.82) is 0 Å². The van der Waals surface area contributed by atoms with Crippen LogP contribution in [-0.2, 0) is 26.0 Å². The van der Waals surface area contributed by atoms with Crippen LogP contribution in [0.25, 0.3) is 0 Å². The van der Waals surface area contributed by atoms with Crippen LogP contribution < -0.4 is 0 Å². The fourth-order valence-corrected chi connectivity index (χ4v) is 5.29. The van der Waals surface area contributed by atoms with Crippen molar-refractivity contribution in [3.63, 3.8) is 0 Å². The van der Waals surface area contributed by atoms with Gasteiger partial charge in [0.25, 0.3) is 0 Å². The summed E-state index contributed by atoms with van der Waals surface area (Å²) in [5.74, 6) is -1.78. The SMILES string of the molecule is C[C@]1(Cn2ccnn2)[C@H](C(=O)O)N2C(=O)C[C@H]2S1(=O)=O.[NaH].[NaH]. The summed E-state index contributed by atoms with van der Waals surface area (Å²) in [7, 11) is -3.80. The van der Waals surface area contributed by atoms with E-state index in [-0.39, 0.29) is 72.1 Å². The minimum atomic E-state index is -3.80. The van der Waals surface area contributed by atoms with E-state index >= 15 is 0 Å². The maximum atomic E-state index is 12.5. The quantitative estimate of drug-likeness (QED) is 0.462. The predicted octanol–water partition coefficient (Wildman–Crippen LogP) is -2.82. The number of hydrogen-bond acceptors (Lipinski definition) is 6. The van der Waals surface area contributed by atoms with E-state index in [9.17, 15) is 23.1 Å². The molecule has 0 bridgehead atoms. The molecule has 9 nitrogen and oxygen atoms in total. The van der Waals surface area contributed by atoms with Crippen LogP contribution in [0, 0.1) is 0 Å². The van der Waals surface area contributed by atoms with Crippen LogP contribution in [0.5, 0.6) is 0 Å². The van der Waals surface area contributed by atoms with E-state index in [2.05, 4.69) is 10.3 Å². The van der Waals surface area contributed by atoms with Crippen molar-refractivity contribution < 1.29 is 23.1 Å². The number of carboxylic acids is 1. The Balaban J connectivity index is 0.00000121. The Morgan fingerprint density at radius 2 is 2.14 bits per heavy atom. The van der Waals surface area contributed by atoms with E-state index in [1.165, 1.54) is 24.0 Å². The third-order valence-corrected chi connectivity index (χ3v) is 6.76. The molecule has 0 saturated carbocycles. The third kappa shape index (κ3) is 2.58. The van der Waals surface area contributed by atoms with Gasteiger partial charge in [-0.3, -0.25) is 9.48 Å². The number of sulfone groups is 1. The number of aromatic nitrogens is 3. The summed E-state index contributed by atoms with van der Waals surface area (Å²) in [6.45, 7) is 1.18. The van der Waals surface area contributed by atoms with Gasteiger partial charge in [0.2, 0.25) is 5.91 Å². The number of aliphatic carboxylic acids is 1. The molecule has 3 heterocycles. The Bertz CT molecular complexity index is 694. The Labute approximate surface area is 170 Å². The summed E-state index contributed by atoms with van der Waals surface area (Å²) in [4.78, 5) is 24.0. The zero-order valence-electron chi connectivity index (χ0n) is 10.5. The number of β-lactam (4-membered cyclic amide) rings is 1. The molecule has 0 aromatic carbocycles. The number of fused-ring (bicyclic) bond motifs is 1. The topological polar surface area (TPSA) is 122 Å². The molecule has 1 N–H and O–H groups in total. The average Bonchev–Trinajstić information content (AvgIpc) is 2.87. The van der Waals surface area contributed by atoms with Gasteiger partial charge in [0, 0.05) is 6.20 Å². The molecule has 0 aliphatic carbocycles. The van der Waals surface area contributed by atoms with E-state index in [1.807, 2.05) is 0 Å². The van der Waals surface area contributed by atoms with Gasteiger partial charge in [0.1, 0.15) is 10.1 Å². The van der Waals surface area contributed by atoms with Crippen molar-refractivity contribution in [3.8, 4) is 0 Å². The molecule has 112 valence electrons. The molecule has 3 rings (SSSR count). The van der Waals surface area contributed by atoms with Gasteiger partial charge < -0.3 is 10.0 Å². The van der Waals surface area contributed by atoms with Crippen molar-refractivity contribution >= 4 is 80.8 Å². The zero-order valence-corrected chi connectivity index (χ0v) is 11.3.